The topological polar surface area (TPSA) is 77.2 Å². The minimum absolute atomic E-state index is 0.542. The molecule has 4 aromatic rings. The molecular weight excluding hydrogens is 406 g/mol. The molecular formula is C24H25N5OS. The maximum Gasteiger partial charge on any atom is 0.182 e. The molecule has 158 valence electrons. The van der Waals surface area contributed by atoms with E-state index in [4.69, 9.17) is 10.5 Å². The Morgan fingerprint density at radius 3 is 2.71 bits per heavy atom. The second kappa shape index (κ2) is 7.50. The fourth-order valence-corrected chi connectivity index (χ4v) is 4.94. The van der Waals surface area contributed by atoms with E-state index in [0.29, 0.717) is 11.7 Å². The number of anilines is 2. The Morgan fingerprint density at radius 1 is 1.03 bits per heavy atom. The van der Waals surface area contributed by atoms with Gasteiger partial charge in [0.25, 0.3) is 0 Å². The molecule has 0 amide bonds. The van der Waals surface area contributed by atoms with Gasteiger partial charge in [-0.1, -0.05) is 11.3 Å². The first-order valence-corrected chi connectivity index (χ1v) is 11.2. The third-order valence-electron chi connectivity index (χ3n) is 5.88. The molecule has 1 aromatic carbocycles. The van der Waals surface area contributed by atoms with Crippen LogP contribution in [0.1, 0.15) is 28.1 Å². The number of hydrogen-bond donors (Lipinski definition) is 1. The zero-order chi connectivity index (χ0) is 21.7. The van der Waals surface area contributed by atoms with E-state index in [9.17, 15) is 0 Å². The van der Waals surface area contributed by atoms with Crippen LogP contribution in [0.4, 0.5) is 10.8 Å². The minimum Gasteiger partial charge on any atom is -0.491 e. The van der Waals surface area contributed by atoms with Gasteiger partial charge in [-0.3, -0.25) is 4.98 Å². The van der Waals surface area contributed by atoms with E-state index in [2.05, 4.69) is 71.8 Å². The molecule has 0 aliphatic carbocycles. The van der Waals surface area contributed by atoms with Gasteiger partial charge in [0.1, 0.15) is 22.7 Å². The van der Waals surface area contributed by atoms with Crippen LogP contribution in [0.25, 0.3) is 21.5 Å². The van der Waals surface area contributed by atoms with Gasteiger partial charge < -0.3 is 15.4 Å². The van der Waals surface area contributed by atoms with Gasteiger partial charge in [0.05, 0.1) is 6.54 Å². The van der Waals surface area contributed by atoms with Crippen LogP contribution in [0.3, 0.4) is 0 Å². The van der Waals surface area contributed by atoms with E-state index in [1.165, 1.54) is 28.2 Å². The monoisotopic (exact) mass is 431 g/mol. The summed E-state index contributed by atoms with van der Waals surface area (Å²) in [4.78, 5) is 16.8. The van der Waals surface area contributed by atoms with Crippen LogP contribution in [0.2, 0.25) is 0 Å². The molecule has 31 heavy (non-hydrogen) atoms. The number of hydrogen-bond acceptors (Lipinski definition) is 7. The van der Waals surface area contributed by atoms with Crippen LogP contribution < -0.4 is 15.4 Å². The molecule has 5 rings (SSSR count). The third kappa shape index (κ3) is 3.59. The number of aryl methyl sites for hydroxylation is 3. The maximum absolute atomic E-state index is 6.20. The summed E-state index contributed by atoms with van der Waals surface area (Å²) in [5.41, 5.74) is 15.7. The van der Waals surface area contributed by atoms with Crippen LogP contribution in [0.15, 0.2) is 30.5 Å². The maximum atomic E-state index is 6.20. The molecule has 3 aromatic heterocycles. The number of ether oxygens (including phenoxy) is 1. The number of nitrogens with two attached hydrogens (primary N) is 1. The Labute approximate surface area is 185 Å². The Kier molecular flexibility index (Phi) is 4.78. The quantitative estimate of drug-likeness (QED) is 0.483. The van der Waals surface area contributed by atoms with Crippen molar-refractivity contribution < 1.29 is 4.74 Å². The lowest BCUT2D eigenvalue weighted by Crippen LogP contribution is -2.26. The van der Waals surface area contributed by atoms with Crippen LogP contribution in [-0.2, 0) is 6.54 Å². The summed E-state index contributed by atoms with van der Waals surface area (Å²) >= 11 is 1.41. The van der Waals surface area contributed by atoms with E-state index in [1.54, 1.807) is 0 Å². The lowest BCUT2D eigenvalue weighted by atomic mass is 9.99. The fourth-order valence-electron chi connectivity index (χ4n) is 4.28. The Morgan fingerprint density at radius 2 is 1.87 bits per heavy atom. The highest BCUT2D eigenvalue weighted by Crippen LogP contribution is 2.36. The second-order valence-corrected chi connectivity index (χ2v) is 9.15. The molecule has 1 aliphatic heterocycles. The van der Waals surface area contributed by atoms with Crippen LogP contribution >= 0.6 is 11.3 Å². The van der Waals surface area contributed by atoms with Crippen molar-refractivity contribution in [3.8, 4) is 16.9 Å². The molecule has 1 aliphatic rings. The normalized spacial score (nSPS) is 13.7. The molecule has 0 saturated carbocycles. The van der Waals surface area contributed by atoms with Crippen molar-refractivity contribution in [1.82, 2.24) is 15.0 Å². The van der Waals surface area contributed by atoms with Crippen molar-refractivity contribution in [2.45, 2.75) is 34.2 Å². The van der Waals surface area contributed by atoms with Crippen molar-refractivity contribution in [3.63, 3.8) is 0 Å². The van der Waals surface area contributed by atoms with Gasteiger partial charge in [-0.15, -0.1) is 0 Å². The van der Waals surface area contributed by atoms with Crippen molar-refractivity contribution in [1.29, 1.82) is 0 Å². The van der Waals surface area contributed by atoms with Crippen molar-refractivity contribution >= 4 is 32.5 Å². The highest BCUT2D eigenvalue weighted by atomic mass is 32.1. The number of thiazole rings is 1. The number of nitrogen functional groups attached to an aromatic ring is 1. The van der Waals surface area contributed by atoms with Gasteiger partial charge in [0.15, 0.2) is 5.13 Å². The molecule has 7 heteroatoms. The van der Waals surface area contributed by atoms with E-state index in [-0.39, 0.29) is 0 Å². The van der Waals surface area contributed by atoms with Crippen molar-refractivity contribution in [2.24, 2.45) is 0 Å². The van der Waals surface area contributed by atoms with Gasteiger partial charge in [-0.05, 0) is 68.7 Å². The molecule has 0 radical (unpaired) electrons. The highest BCUT2D eigenvalue weighted by molar-refractivity contribution is 7.21. The summed E-state index contributed by atoms with van der Waals surface area (Å²) in [6, 6.07) is 8.62. The van der Waals surface area contributed by atoms with Gasteiger partial charge in [-0.2, -0.15) is 0 Å². The summed E-state index contributed by atoms with van der Waals surface area (Å²) in [6.45, 7) is 10.6. The average Bonchev–Trinajstić information content (AvgIpc) is 2.96. The predicted molar refractivity (Wildman–Crippen MR) is 127 cm³/mol. The first-order valence-electron chi connectivity index (χ1n) is 10.4. The number of nitrogens with zero attached hydrogens (tertiary/aromatic N) is 4. The molecule has 4 heterocycles. The summed E-state index contributed by atoms with van der Waals surface area (Å²) in [7, 11) is 0. The molecule has 2 N–H and O–H groups in total. The molecule has 0 spiro atoms. The SMILES string of the molecule is Cc1cc(N2CCOc3c(C)cc(-c4cnc5sc(N)nc5c4)cc3C2)c(C)c(C)n1. The summed E-state index contributed by atoms with van der Waals surface area (Å²) in [6.07, 6.45) is 1.90. The number of pyridine rings is 2. The van der Waals surface area contributed by atoms with Gasteiger partial charge in [-0.25, -0.2) is 9.97 Å². The largest absolute Gasteiger partial charge is 0.491 e. The van der Waals surface area contributed by atoms with Crippen molar-refractivity contribution in [2.75, 3.05) is 23.8 Å². The zero-order valence-corrected chi connectivity index (χ0v) is 19.0. The van der Waals surface area contributed by atoms with Crippen molar-refractivity contribution in [3.05, 3.63) is 58.5 Å². The first kappa shape index (κ1) is 19.8. The number of benzene rings is 1. The standard InChI is InChI=1S/C24H25N5OS/c1-13-7-17(18-10-20-23(26-11-18)31-24(25)28-20)9-19-12-29(5-6-30-22(13)19)21-8-14(2)27-16(4)15(21)3/h7-11H,5-6,12H2,1-4H3,(H2,25,28). The summed E-state index contributed by atoms with van der Waals surface area (Å²) in [5, 5.41) is 0.542. The highest BCUT2D eigenvalue weighted by Gasteiger charge is 2.21. The van der Waals surface area contributed by atoms with E-state index in [1.807, 2.05) is 6.20 Å². The molecule has 6 nitrogen and oxygen atoms in total. The molecule has 0 unspecified atom stereocenters. The zero-order valence-electron chi connectivity index (χ0n) is 18.2. The third-order valence-corrected chi connectivity index (χ3v) is 6.68. The lowest BCUT2D eigenvalue weighted by Gasteiger charge is -2.25. The van der Waals surface area contributed by atoms with Gasteiger partial charge in [0, 0.05) is 40.9 Å². The van der Waals surface area contributed by atoms with Crippen LogP contribution in [0.5, 0.6) is 5.75 Å². The number of aromatic nitrogens is 3. The first-order chi connectivity index (χ1) is 14.9. The van der Waals surface area contributed by atoms with E-state index >= 15 is 0 Å². The van der Waals surface area contributed by atoms with Crippen LogP contribution in [-0.4, -0.2) is 28.1 Å². The Hall–Kier alpha value is -3.19. The molecule has 0 fully saturated rings. The smallest absolute Gasteiger partial charge is 0.182 e. The average molecular weight is 432 g/mol. The van der Waals surface area contributed by atoms with Crippen LogP contribution in [0, 0.1) is 27.7 Å². The summed E-state index contributed by atoms with van der Waals surface area (Å²) < 4.78 is 6.20. The molecule has 0 bridgehead atoms. The summed E-state index contributed by atoms with van der Waals surface area (Å²) in [5.74, 6) is 0.985. The van der Waals surface area contributed by atoms with E-state index < -0.39 is 0 Å². The Balaban J connectivity index is 1.57. The molecule has 0 atom stereocenters. The minimum atomic E-state index is 0.542. The second-order valence-electron chi connectivity index (χ2n) is 8.14. The van der Waals surface area contributed by atoms with Gasteiger partial charge >= 0.3 is 0 Å². The predicted octanol–water partition coefficient (Wildman–Crippen LogP) is 4.97. The number of rotatable bonds is 2. The number of fused-ring (bicyclic) bond motifs is 2. The van der Waals surface area contributed by atoms with Gasteiger partial charge in [0.2, 0.25) is 0 Å². The molecule has 0 saturated heterocycles. The fraction of sp³-hybridized carbons (Fsp3) is 0.292. The van der Waals surface area contributed by atoms with E-state index in [0.717, 1.165) is 57.3 Å². The Bertz CT molecular complexity index is 1310. The lowest BCUT2D eigenvalue weighted by molar-refractivity contribution is 0.329.